The summed E-state index contributed by atoms with van der Waals surface area (Å²) < 4.78 is 37.6. The van der Waals surface area contributed by atoms with Gasteiger partial charge < -0.3 is 14.4 Å². The maximum Gasteiger partial charge on any atom is 0.227 e. The zero-order valence-electron chi connectivity index (χ0n) is 14.9. The maximum atomic E-state index is 13.7. The minimum atomic E-state index is -0.721. The van der Waals surface area contributed by atoms with E-state index in [2.05, 4.69) is 0 Å². The van der Waals surface area contributed by atoms with Gasteiger partial charge in [0.1, 0.15) is 17.7 Å². The molecule has 7 heteroatoms. The largest absolute Gasteiger partial charge is 0.496 e. The third-order valence-corrected chi connectivity index (χ3v) is 4.80. The number of hydrogen-bond acceptors (Lipinski definition) is 3. The van der Waals surface area contributed by atoms with Crippen molar-refractivity contribution in [2.24, 2.45) is 0 Å². The monoisotopic (exact) mass is 395 g/mol. The van der Waals surface area contributed by atoms with E-state index in [0.717, 1.165) is 17.7 Å². The highest BCUT2D eigenvalue weighted by atomic mass is 35.5. The molecular formula is C20H20ClF2NO3. The Balaban J connectivity index is 1.56. The summed E-state index contributed by atoms with van der Waals surface area (Å²) in [6, 6.07) is 8.43. The SMILES string of the molecule is COc1ccc(Cl)cc1CC(=O)N1CCC(Oc2ccc(F)cc2F)CC1. The second kappa shape index (κ2) is 8.57. The molecule has 1 heterocycles. The van der Waals surface area contributed by atoms with Gasteiger partial charge in [-0.2, -0.15) is 0 Å². The molecule has 0 aromatic heterocycles. The number of halogens is 3. The molecule has 1 fully saturated rings. The third-order valence-electron chi connectivity index (χ3n) is 4.57. The van der Waals surface area contributed by atoms with E-state index in [4.69, 9.17) is 21.1 Å². The fourth-order valence-electron chi connectivity index (χ4n) is 3.13. The van der Waals surface area contributed by atoms with Gasteiger partial charge in [0.2, 0.25) is 5.91 Å². The number of amides is 1. The van der Waals surface area contributed by atoms with Crippen LogP contribution in [0.4, 0.5) is 8.78 Å². The standard InChI is InChI=1S/C20H20ClF2NO3/c1-26-18-4-2-14(21)10-13(18)11-20(25)24-8-6-16(7-9-24)27-19-5-3-15(22)12-17(19)23/h2-5,10,12,16H,6-9,11H2,1H3. The van der Waals surface area contributed by atoms with Gasteiger partial charge in [0.15, 0.2) is 11.6 Å². The van der Waals surface area contributed by atoms with Gasteiger partial charge in [-0.3, -0.25) is 4.79 Å². The molecule has 0 spiro atoms. The first kappa shape index (κ1) is 19.4. The van der Waals surface area contributed by atoms with Crippen molar-refractivity contribution in [1.29, 1.82) is 0 Å². The normalized spacial score (nSPS) is 14.9. The first-order chi connectivity index (χ1) is 13.0. The molecule has 1 aliphatic heterocycles. The quantitative estimate of drug-likeness (QED) is 0.760. The fraction of sp³-hybridized carbons (Fsp3) is 0.350. The second-order valence-corrected chi connectivity index (χ2v) is 6.84. The average Bonchev–Trinajstić information content (AvgIpc) is 2.65. The number of hydrogen-bond donors (Lipinski definition) is 0. The van der Waals surface area contributed by atoms with Crippen molar-refractivity contribution >= 4 is 17.5 Å². The van der Waals surface area contributed by atoms with E-state index in [1.54, 1.807) is 30.2 Å². The highest BCUT2D eigenvalue weighted by molar-refractivity contribution is 6.30. The number of ether oxygens (including phenoxy) is 2. The summed E-state index contributed by atoms with van der Waals surface area (Å²) in [6.45, 7) is 1.02. The maximum absolute atomic E-state index is 13.7. The van der Waals surface area contributed by atoms with Gasteiger partial charge in [0, 0.05) is 42.6 Å². The first-order valence-electron chi connectivity index (χ1n) is 8.68. The van der Waals surface area contributed by atoms with E-state index in [9.17, 15) is 13.6 Å². The summed E-state index contributed by atoms with van der Waals surface area (Å²) in [4.78, 5) is 14.3. The Bertz CT molecular complexity index is 823. The molecule has 0 unspecified atom stereocenters. The van der Waals surface area contributed by atoms with Crippen LogP contribution in [0.3, 0.4) is 0 Å². The molecule has 0 radical (unpaired) electrons. The van der Waals surface area contributed by atoms with E-state index >= 15 is 0 Å². The molecule has 144 valence electrons. The lowest BCUT2D eigenvalue weighted by Crippen LogP contribution is -2.42. The molecule has 2 aromatic rings. The van der Waals surface area contributed by atoms with E-state index in [1.807, 2.05) is 0 Å². The molecule has 2 aromatic carbocycles. The van der Waals surface area contributed by atoms with Crippen LogP contribution in [0.1, 0.15) is 18.4 Å². The van der Waals surface area contributed by atoms with E-state index in [-0.39, 0.29) is 24.2 Å². The van der Waals surface area contributed by atoms with E-state index in [0.29, 0.717) is 36.7 Å². The highest BCUT2D eigenvalue weighted by Crippen LogP contribution is 2.25. The van der Waals surface area contributed by atoms with Crippen LogP contribution in [-0.4, -0.2) is 37.1 Å². The first-order valence-corrected chi connectivity index (χ1v) is 9.06. The minimum absolute atomic E-state index is 0.0259. The van der Waals surface area contributed by atoms with Crippen molar-refractivity contribution < 1.29 is 23.0 Å². The number of rotatable bonds is 5. The van der Waals surface area contributed by atoms with Crippen molar-refractivity contribution in [1.82, 2.24) is 4.90 Å². The summed E-state index contributed by atoms with van der Waals surface area (Å²) in [5, 5.41) is 0.548. The molecule has 1 amide bonds. The van der Waals surface area contributed by atoms with Crippen molar-refractivity contribution in [3.05, 3.63) is 58.6 Å². The molecule has 3 rings (SSSR count). The zero-order chi connectivity index (χ0) is 19.4. The Morgan fingerprint density at radius 2 is 1.85 bits per heavy atom. The minimum Gasteiger partial charge on any atom is -0.496 e. The highest BCUT2D eigenvalue weighted by Gasteiger charge is 2.25. The number of benzene rings is 2. The summed E-state index contributed by atoms with van der Waals surface area (Å²) in [5.41, 5.74) is 0.738. The van der Waals surface area contributed by atoms with Crippen LogP contribution in [-0.2, 0) is 11.2 Å². The van der Waals surface area contributed by atoms with Crippen LogP contribution in [0, 0.1) is 11.6 Å². The number of methoxy groups -OCH3 is 1. The van der Waals surface area contributed by atoms with Gasteiger partial charge in [0.25, 0.3) is 0 Å². The van der Waals surface area contributed by atoms with Gasteiger partial charge in [-0.05, 0) is 30.3 Å². The second-order valence-electron chi connectivity index (χ2n) is 6.41. The number of piperidine rings is 1. The van der Waals surface area contributed by atoms with Crippen LogP contribution in [0.2, 0.25) is 5.02 Å². The van der Waals surface area contributed by atoms with Gasteiger partial charge >= 0.3 is 0 Å². The summed E-state index contributed by atoms with van der Waals surface area (Å²) in [6.07, 6.45) is 1.14. The fourth-order valence-corrected chi connectivity index (χ4v) is 3.33. The molecule has 0 aliphatic carbocycles. The molecular weight excluding hydrogens is 376 g/mol. The molecule has 4 nitrogen and oxygen atoms in total. The molecule has 0 bridgehead atoms. The Morgan fingerprint density at radius 1 is 1.15 bits per heavy atom. The summed E-state index contributed by atoms with van der Waals surface area (Å²) in [5.74, 6) is -0.733. The van der Waals surface area contributed by atoms with Gasteiger partial charge in [-0.25, -0.2) is 8.78 Å². The molecule has 1 aliphatic rings. The van der Waals surface area contributed by atoms with Gasteiger partial charge in [-0.15, -0.1) is 0 Å². The molecule has 1 saturated heterocycles. The summed E-state index contributed by atoms with van der Waals surface area (Å²) in [7, 11) is 1.55. The smallest absolute Gasteiger partial charge is 0.227 e. The Kier molecular flexibility index (Phi) is 6.16. The van der Waals surface area contributed by atoms with Gasteiger partial charge in [-0.1, -0.05) is 11.6 Å². The van der Waals surface area contributed by atoms with E-state index < -0.39 is 11.6 Å². The molecule has 0 saturated carbocycles. The van der Waals surface area contributed by atoms with Crippen LogP contribution in [0.25, 0.3) is 0 Å². The van der Waals surface area contributed by atoms with E-state index in [1.165, 1.54) is 6.07 Å². The lowest BCUT2D eigenvalue weighted by Gasteiger charge is -2.32. The van der Waals surface area contributed by atoms with Gasteiger partial charge in [0.05, 0.1) is 13.5 Å². The molecule has 0 atom stereocenters. The lowest BCUT2D eigenvalue weighted by atomic mass is 10.1. The number of nitrogens with zero attached hydrogens (tertiary/aromatic N) is 1. The van der Waals surface area contributed by atoms with Crippen LogP contribution >= 0.6 is 11.6 Å². The van der Waals surface area contributed by atoms with Crippen molar-refractivity contribution in [2.45, 2.75) is 25.4 Å². The van der Waals surface area contributed by atoms with Crippen molar-refractivity contribution in [3.8, 4) is 11.5 Å². The predicted octanol–water partition coefficient (Wildman–Crippen LogP) is 4.24. The average molecular weight is 396 g/mol. The Hall–Kier alpha value is -2.34. The zero-order valence-corrected chi connectivity index (χ0v) is 15.6. The third kappa shape index (κ3) is 4.89. The topological polar surface area (TPSA) is 38.8 Å². The van der Waals surface area contributed by atoms with Crippen LogP contribution in [0.15, 0.2) is 36.4 Å². The Morgan fingerprint density at radius 3 is 2.52 bits per heavy atom. The molecule has 27 heavy (non-hydrogen) atoms. The molecule has 0 N–H and O–H groups in total. The number of likely N-dealkylation sites (tertiary alicyclic amines) is 1. The van der Waals surface area contributed by atoms with Crippen molar-refractivity contribution in [2.75, 3.05) is 20.2 Å². The van der Waals surface area contributed by atoms with Crippen molar-refractivity contribution in [3.63, 3.8) is 0 Å². The predicted molar refractivity (Wildman–Crippen MR) is 98.3 cm³/mol. The lowest BCUT2D eigenvalue weighted by molar-refractivity contribution is -0.132. The summed E-state index contributed by atoms with van der Waals surface area (Å²) >= 11 is 6.01. The van der Waals surface area contributed by atoms with Crippen LogP contribution in [0.5, 0.6) is 11.5 Å². The number of carbonyl (C=O) groups is 1. The number of carbonyl (C=O) groups excluding carboxylic acids is 1. The van der Waals surface area contributed by atoms with Crippen LogP contribution < -0.4 is 9.47 Å². The Labute approximate surface area is 161 Å².